The second-order valence-corrected chi connectivity index (χ2v) is 9.54. The third kappa shape index (κ3) is 3.79. The standard InChI is InChI=1S/C12H18OSi/c1-13-12-7-5-6-11(10-12)8-9-14(2,3)4/h5-10H,1-4H3/b9-8+. The third-order valence-electron chi connectivity index (χ3n) is 1.87. The van der Waals surface area contributed by atoms with E-state index < -0.39 is 8.07 Å². The van der Waals surface area contributed by atoms with Crippen molar-refractivity contribution in [3.05, 3.63) is 35.5 Å². The summed E-state index contributed by atoms with van der Waals surface area (Å²) in [5, 5.41) is 0. The van der Waals surface area contributed by atoms with Gasteiger partial charge in [0.1, 0.15) is 5.75 Å². The third-order valence-corrected chi connectivity index (χ3v) is 3.04. The van der Waals surface area contributed by atoms with Gasteiger partial charge in [-0.1, -0.05) is 43.5 Å². The molecule has 0 amide bonds. The molecule has 0 N–H and O–H groups in total. The molecule has 0 fully saturated rings. The minimum atomic E-state index is -1.09. The fraction of sp³-hybridized carbons (Fsp3) is 0.333. The molecule has 2 heteroatoms. The summed E-state index contributed by atoms with van der Waals surface area (Å²) in [6.07, 6.45) is 2.19. The quantitative estimate of drug-likeness (QED) is 0.687. The predicted octanol–water partition coefficient (Wildman–Crippen LogP) is 3.59. The van der Waals surface area contributed by atoms with Crippen molar-refractivity contribution >= 4 is 14.1 Å². The Labute approximate surface area is 87.4 Å². The van der Waals surface area contributed by atoms with Gasteiger partial charge in [0.25, 0.3) is 0 Å². The van der Waals surface area contributed by atoms with Crippen LogP contribution in [0.2, 0.25) is 19.6 Å². The van der Waals surface area contributed by atoms with Crippen molar-refractivity contribution in [1.29, 1.82) is 0 Å². The van der Waals surface area contributed by atoms with Crippen LogP contribution in [-0.2, 0) is 0 Å². The number of benzene rings is 1. The van der Waals surface area contributed by atoms with Gasteiger partial charge in [-0.25, -0.2) is 0 Å². The molecule has 76 valence electrons. The van der Waals surface area contributed by atoms with E-state index in [1.807, 2.05) is 12.1 Å². The van der Waals surface area contributed by atoms with Crippen LogP contribution >= 0.6 is 0 Å². The summed E-state index contributed by atoms with van der Waals surface area (Å²) >= 11 is 0. The predicted molar refractivity (Wildman–Crippen MR) is 65.4 cm³/mol. The van der Waals surface area contributed by atoms with Gasteiger partial charge in [0.15, 0.2) is 0 Å². The summed E-state index contributed by atoms with van der Waals surface area (Å²) in [7, 11) is 0.607. The van der Waals surface area contributed by atoms with Crippen molar-refractivity contribution in [1.82, 2.24) is 0 Å². The lowest BCUT2D eigenvalue weighted by molar-refractivity contribution is 0.414. The monoisotopic (exact) mass is 206 g/mol. The van der Waals surface area contributed by atoms with Gasteiger partial charge in [-0.05, 0) is 17.7 Å². The molecule has 0 saturated carbocycles. The lowest BCUT2D eigenvalue weighted by atomic mass is 10.2. The van der Waals surface area contributed by atoms with Crippen molar-refractivity contribution in [3.63, 3.8) is 0 Å². The molecular formula is C12H18OSi. The van der Waals surface area contributed by atoms with Gasteiger partial charge in [0.05, 0.1) is 15.2 Å². The van der Waals surface area contributed by atoms with E-state index in [-0.39, 0.29) is 0 Å². The van der Waals surface area contributed by atoms with Crippen molar-refractivity contribution < 1.29 is 4.74 Å². The second-order valence-electron chi connectivity index (χ2n) is 4.48. The Kier molecular flexibility index (Phi) is 3.53. The molecule has 0 heterocycles. The molecule has 0 aliphatic rings. The van der Waals surface area contributed by atoms with Crippen LogP contribution in [0.1, 0.15) is 5.56 Å². The van der Waals surface area contributed by atoms with Crippen molar-refractivity contribution in [3.8, 4) is 5.75 Å². The van der Waals surface area contributed by atoms with E-state index in [9.17, 15) is 0 Å². The smallest absolute Gasteiger partial charge is 0.119 e. The maximum absolute atomic E-state index is 5.16. The zero-order valence-corrected chi connectivity index (χ0v) is 10.4. The van der Waals surface area contributed by atoms with Gasteiger partial charge in [0.2, 0.25) is 0 Å². The molecule has 0 bridgehead atoms. The Hall–Kier alpha value is -1.02. The summed E-state index contributed by atoms with van der Waals surface area (Å²) in [6, 6.07) is 8.13. The minimum absolute atomic E-state index is 0.919. The van der Waals surface area contributed by atoms with Crippen LogP contribution in [0.25, 0.3) is 6.08 Å². The molecule has 1 aromatic carbocycles. The molecule has 0 aromatic heterocycles. The molecule has 0 aliphatic carbocycles. The van der Waals surface area contributed by atoms with Crippen LogP contribution in [0, 0.1) is 0 Å². The highest BCUT2D eigenvalue weighted by Gasteiger charge is 2.06. The molecule has 0 atom stereocenters. The lowest BCUT2D eigenvalue weighted by Crippen LogP contribution is -2.15. The highest BCUT2D eigenvalue weighted by atomic mass is 28.3. The van der Waals surface area contributed by atoms with E-state index in [0.717, 1.165) is 5.75 Å². The van der Waals surface area contributed by atoms with E-state index in [1.54, 1.807) is 7.11 Å². The number of rotatable bonds is 3. The molecular weight excluding hydrogens is 188 g/mol. The number of hydrogen-bond acceptors (Lipinski definition) is 1. The van der Waals surface area contributed by atoms with Crippen LogP contribution in [0.3, 0.4) is 0 Å². The first-order chi connectivity index (χ1) is 6.51. The summed E-state index contributed by atoms with van der Waals surface area (Å²) in [4.78, 5) is 0. The first-order valence-corrected chi connectivity index (χ1v) is 8.42. The molecule has 14 heavy (non-hydrogen) atoms. The van der Waals surface area contributed by atoms with Gasteiger partial charge in [0, 0.05) is 0 Å². The Balaban J connectivity index is 2.82. The van der Waals surface area contributed by atoms with Crippen LogP contribution in [0.5, 0.6) is 5.75 Å². The first-order valence-electron chi connectivity index (χ1n) is 4.84. The molecule has 0 radical (unpaired) electrons. The van der Waals surface area contributed by atoms with Gasteiger partial charge in [-0.2, -0.15) is 0 Å². The van der Waals surface area contributed by atoms with E-state index in [0.29, 0.717) is 0 Å². The topological polar surface area (TPSA) is 9.23 Å². The summed E-state index contributed by atoms with van der Waals surface area (Å²) < 4.78 is 5.16. The largest absolute Gasteiger partial charge is 0.497 e. The molecule has 0 saturated heterocycles. The van der Waals surface area contributed by atoms with E-state index in [2.05, 4.69) is 43.5 Å². The van der Waals surface area contributed by atoms with Crippen LogP contribution in [-0.4, -0.2) is 15.2 Å². The van der Waals surface area contributed by atoms with Crippen molar-refractivity contribution in [2.45, 2.75) is 19.6 Å². The molecule has 0 aliphatic heterocycles. The Morgan fingerprint density at radius 2 is 1.93 bits per heavy atom. The SMILES string of the molecule is COc1cccc(/C=C/[Si](C)(C)C)c1. The molecule has 0 unspecified atom stereocenters. The zero-order valence-electron chi connectivity index (χ0n) is 9.37. The first kappa shape index (κ1) is 11.1. The maximum atomic E-state index is 5.16. The van der Waals surface area contributed by atoms with E-state index in [1.165, 1.54) is 5.56 Å². The van der Waals surface area contributed by atoms with Crippen molar-refractivity contribution in [2.75, 3.05) is 7.11 Å². The summed E-state index contributed by atoms with van der Waals surface area (Å²) in [5.41, 5.74) is 3.55. The van der Waals surface area contributed by atoms with Crippen LogP contribution in [0.4, 0.5) is 0 Å². The summed E-state index contributed by atoms with van der Waals surface area (Å²) in [5.74, 6) is 0.919. The Bertz CT molecular complexity index is 323. The zero-order chi connectivity index (χ0) is 10.6. The fourth-order valence-electron chi connectivity index (χ4n) is 1.09. The van der Waals surface area contributed by atoms with Crippen LogP contribution < -0.4 is 4.74 Å². The normalized spacial score (nSPS) is 12.0. The molecule has 0 spiro atoms. The maximum Gasteiger partial charge on any atom is 0.119 e. The lowest BCUT2D eigenvalue weighted by Gasteiger charge is -2.08. The van der Waals surface area contributed by atoms with E-state index in [4.69, 9.17) is 4.74 Å². The second kappa shape index (κ2) is 4.47. The number of methoxy groups -OCH3 is 1. The minimum Gasteiger partial charge on any atom is -0.497 e. The fourth-order valence-corrected chi connectivity index (χ4v) is 1.78. The van der Waals surface area contributed by atoms with Crippen LogP contribution in [0.15, 0.2) is 30.0 Å². The molecule has 1 rings (SSSR count). The van der Waals surface area contributed by atoms with Gasteiger partial charge >= 0.3 is 0 Å². The summed E-state index contributed by atoms with van der Waals surface area (Å²) in [6.45, 7) is 6.97. The number of hydrogen-bond donors (Lipinski definition) is 0. The molecule has 1 aromatic rings. The Morgan fingerprint density at radius 3 is 2.50 bits per heavy atom. The highest BCUT2D eigenvalue weighted by Crippen LogP contribution is 2.15. The van der Waals surface area contributed by atoms with Crippen molar-refractivity contribution in [2.24, 2.45) is 0 Å². The average Bonchev–Trinajstić information content (AvgIpc) is 2.14. The average molecular weight is 206 g/mol. The van der Waals surface area contributed by atoms with E-state index >= 15 is 0 Å². The highest BCUT2D eigenvalue weighted by molar-refractivity contribution is 6.81. The Morgan fingerprint density at radius 1 is 1.21 bits per heavy atom. The van der Waals surface area contributed by atoms with Gasteiger partial charge in [-0.3, -0.25) is 0 Å². The van der Waals surface area contributed by atoms with Gasteiger partial charge < -0.3 is 4.74 Å². The number of ether oxygens (including phenoxy) is 1. The van der Waals surface area contributed by atoms with Gasteiger partial charge in [-0.15, -0.1) is 0 Å². The molecule has 1 nitrogen and oxygen atoms in total.